The highest BCUT2D eigenvalue weighted by atomic mass is 35.5. The van der Waals surface area contributed by atoms with Gasteiger partial charge in [-0.3, -0.25) is 10.1 Å². The zero-order valence-corrected chi connectivity index (χ0v) is 11.7. The minimum absolute atomic E-state index is 0.0745. The van der Waals surface area contributed by atoms with Gasteiger partial charge in [0.15, 0.2) is 5.76 Å². The molecule has 2 rings (SSSR count). The predicted octanol–water partition coefficient (Wildman–Crippen LogP) is 3.40. The van der Waals surface area contributed by atoms with Gasteiger partial charge in [0.05, 0.1) is 17.7 Å². The number of rotatable bonds is 6. The van der Waals surface area contributed by atoms with Gasteiger partial charge >= 0.3 is 0 Å². The molecule has 0 bridgehead atoms. The largest absolute Gasteiger partial charge is 0.439 e. The van der Waals surface area contributed by atoms with E-state index < -0.39 is 4.92 Å². The van der Waals surface area contributed by atoms with Crippen LogP contribution in [0.3, 0.4) is 0 Å². The Hall–Kier alpha value is -1.92. The minimum atomic E-state index is -0.491. The maximum Gasteiger partial charge on any atom is 0.271 e. The number of nitro groups is 1. The van der Waals surface area contributed by atoms with E-state index in [2.05, 4.69) is 17.2 Å². The van der Waals surface area contributed by atoms with E-state index in [9.17, 15) is 10.1 Å². The van der Waals surface area contributed by atoms with Crippen molar-refractivity contribution in [1.82, 2.24) is 10.3 Å². The number of benzene rings is 1. The number of oxazole rings is 1. The highest BCUT2D eigenvalue weighted by Gasteiger charge is 2.13. The Morgan fingerprint density at radius 3 is 2.95 bits per heavy atom. The van der Waals surface area contributed by atoms with Crippen molar-refractivity contribution in [2.45, 2.75) is 19.9 Å². The average Bonchev–Trinajstić information content (AvgIpc) is 2.87. The zero-order chi connectivity index (χ0) is 14.5. The smallest absolute Gasteiger partial charge is 0.271 e. The first-order valence-electron chi connectivity index (χ1n) is 6.21. The van der Waals surface area contributed by atoms with Gasteiger partial charge in [-0.25, -0.2) is 4.98 Å². The molecule has 0 aliphatic heterocycles. The third-order valence-electron chi connectivity index (χ3n) is 2.63. The van der Waals surface area contributed by atoms with Crippen molar-refractivity contribution in [3.63, 3.8) is 0 Å². The maximum absolute atomic E-state index is 10.8. The Labute approximate surface area is 120 Å². The molecule has 1 aromatic carbocycles. The lowest BCUT2D eigenvalue weighted by atomic mass is 10.1. The fourth-order valence-corrected chi connectivity index (χ4v) is 1.95. The summed E-state index contributed by atoms with van der Waals surface area (Å²) in [7, 11) is 0. The summed E-state index contributed by atoms with van der Waals surface area (Å²) in [5.41, 5.74) is 0.466. The highest BCUT2D eigenvalue weighted by molar-refractivity contribution is 6.31. The normalized spacial score (nSPS) is 10.7. The van der Waals surface area contributed by atoms with Gasteiger partial charge in [0.1, 0.15) is 0 Å². The summed E-state index contributed by atoms with van der Waals surface area (Å²) in [6, 6.07) is 4.32. The van der Waals surface area contributed by atoms with Gasteiger partial charge in [0, 0.05) is 22.7 Å². The number of nitrogens with zero attached hydrogens (tertiary/aromatic N) is 2. The molecule has 0 amide bonds. The van der Waals surface area contributed by atoms with Gasteiger partial charge in [-0.1, -0.05) is 18.5 Å². The monoisotopic (exact) mass is 295 g/mol. The first-order chi connectivity index (χ1) is 9.60. The van der Waals surface area contributed by atoms with E-state index in [0.29, 0.717) is 23.8 Å². The molecule has 0 saturated heterocycles. The second-order valence-electron chi connectivity index (χ2n) is 4.25. The first-order valence-corrected chi connectivity index (χ1v) is 6.58. The molecule has 1 aromatic heterocycles. The molecule has 1 N–H and O–H groups in total. The number of halogens is 1. The van der Waals surface area contributed by atoms with Crippen LogP contribution < -0.4 is 5.32 Å². The molecule has 0 unspecified atom stereocenters. The van der Waals surface area contributed by atoms with Crippen LogP contribution in [0, 0.1) is 10.1 Å². The molecule has 0 saturated carbocycles. The number of hydrogen-bond acceptors (Lipinski definition) is 5. The minimum Gasteiger partial charge on any atom is -0.439 e. The highest BCUT2D eigenvalue weighted by Crippen LogP contribution is 2.28. The molecule has 0 atom stereocenters. The third-order valence-corrected chi connectivity index (χ3v) is 2.85. The maximum atomic E-state index is 10.8. The van der Waals surface area contributed by atoms with Crippen LogP contribution in [0.1, 0.15) is 19.2 Å². The summed E-state index contributed by atoms with van der Waals surface area (Å²) in [5.74, 6) is 1.000. The SMILES string of the molecule is CCCNCc1ncc(-c2cc(Cl)cc([N+](=O)[O-])c2)o1. The second-order valence-corrected chi connectivity index (χ2v) is 4.69. The molecule has 6 nitrogen and oxygen atoms in total. The molecule has 0 aliphatic carbocycles. The quantitative estimate of drug-likeness (QED) is 0.502. The summed E-state index contributed by atoms with van der Waals surface area (Å²) in [6.45, 7) is 3.47. The lowest BCUT2D eigenvalue weighted by Crippen LogP contribution is -2.13. The fourth-order valence-electron chi connectivity index (χ4n) is 1.72. The Balaban J connectivity index is 2.21. The van der Waals surface area contributed by atoms with Gasteiger partial charge in [0.25, 0.3) is 5.69 Å². The van der Waals surface area contributed by atoms with Crippen LogP contribution in [0.5, 0.6) is 0 Å². The standard InChI is InChI=1S/C13H14ClN3O3/c1-2-3-15-8-13-16-7-12(20-13)9-4-10(14)6-11(5-9)17(18)19/h4-7,15H,2-3,8H2,1H3. The van der Waals surface area contributed by atoms with E-state index in [4.69, 9.17) is 16.0 Å². The zero-order valence-electron chi connectivity index (χ0n) is 10.9. The summed E-state index contributed by atoms with van der Waals surface area (Å²) >= 11 is 5.87. The van der Waals surface area contributed by atoms with E-state index >= 15 is 0 Å². The number of non-ortho nitro benzene ring substituents is 1. The van der Waals surface area contributed by atoms with Crippen molar-refractivity contribution >= 4 is 17.3 Å². The molecular weight excluding hydrogens is 282 g/mol. The molecule has 7 heteroatoms. The number of aromatic nitrogens is 1. The molecule has 0 radical (unpaired) electrons. The third kappa shape index (κ3) is 3.55. The Morgan fingerprint density at radius 1 is 1.45 bits per heavy atom. The second kappa shape index (κ2) is 6.49. The van der Waals surface area contributed by atoms with Crippen molar-refractivity contribution < 1.29 is 9.34 Å². The summed E-state index contributed by atoms with van der Waals surface area (Å²) in [4.78, 5) is 14.4. The summed E-state index contributed by atoms with van der Waals surface area (Å²) < 4.78 is 5.55. The molecule has 20 heavy (non-hydrogen) atoms. The van der Waals surface area contributed by atoms with Crippen molar-refractivity contribution in [2.75, 3.05) is 6.54 Å². The van der Waals surface area contributed by atoms with E-state index in [1.54, 1.807) is 12.3 Å². The average molecular weight is 296 g/mol. The van der Waals surface area contributed by atoms with E-state index in [1.807, 2.05) is 0 Å². The molecule has 0 spiro atoms. The molecule has 0 fully saturated rings. The van der Waals surface area contributed by atoms with Crippen molar-refractivity contribution in [1.29, 1.82) is 0 Å². The van der Waals surface area contributed by atoms with Crippen LogP contribution in [0.2, 0.25) is 5.02 Å². The molecule has 0 aliphatic rings. The lowest BCUT2D eigenvalue weighted by Gasteiger charge is -1.99. The first kappa shape index (κ1) is 14.5. The van der Waals surface area contributed by atoms with Crippen molar-refractivity contribution in [3.05, 3.63) is 45.4 Å². The molecule has 2 aromatic rings. The van der Waals surface area contributed by atoms with Crippen molar-refractivity contribution in [3.8, 4) is 11.3 Å². The van der Waals surface area contributed by atoms with Crippen LogP contribution in [0.4, 0.5) is 5.69 Å². The van der Waals surface area contributed by atoms with Gasteiger partial charge in [-0.2, -0.15) is 0 Å². The van der Waals surface area contributed by atoms with E-state index in [0.717, 1.165) is 13.0 Å². The number of nitrogens with one attached hydrogen (secondary N) is 1. The van der Waals surface area contributed by atoms with Gasteiger partial charge < -0.3 is 9.73 Å². The molecular formula is C13H14ClN3O3. The molecule has 106 valence electrons. The van der Waals surface area contributed by atoms with E-state index in [-0.39, 0.29) is 10.7 Å². The Morgan fingerprint density at radius 2 is 2.25 bits per heavy atom. The summed E-state index contributed by atoms with van der Waals surface area (Å²) in [6.07, 6.45) is 2.56. The van der Waals surface area contributed by atoms with Gasteiger partial charge in [-0.05, 0) is 19.0 Å². The van der Waals surface area contributed by atoms with E-state index in [1.165, 1.54) is 12.1 Å². The predicted molar refractivity (Wildman–Crippen MR) is 75.6 cm³/mol. The van der Waals surface area contributed by atoms with Crippen LogP contribution in [0.15, 0.2) is 28.8 Å². The van der Waals surface area contributed by atoms with Gasteiger partial charge in [0.2, 0.25) is 5.89 Å². The van der Waals surface area contributed by atoms with Crippen LogP contribution in [-0.2, 0) is 6.54 Å². The number of hydrogen-bond donors (Lipinski definition) is 1. The Kier molecular flexibility index (Phi) is 4.70. The Bertz CT molecular complexity index is 613. The van der Waals surface area contributed by atoms with Crippen molar-refractivity contribution in [2.24, 2.45) is 0 Å². The topological polar surface area (TPSA) is 81.2 Å². The fraction of sp³-hybridized carbons (Fsp3) is 0.308. The van der Waals surface area contributed by atoms with Crippen LogP contribution in [0.25, 0.3) is 11.3 Å². The lowest BCUT2D eigenvalue weighted by molar-refractivity contribution is -0.384. The number of nitro benzene ring substituents is 1. The van der Waals surface area contributed by atoms with Crippen LogP contribution >= 0.6 is 11.6 Å². The van der Waals surface area contributed by atoms with Gasteiger partial charge in [-0.15, -0.1) is 0 Å². The van der Waals surface area contributed by atoms with Crippen LogP contribution in [-0.4, -0.2) is 16.5 Å². The molecule has 1 heterocycles. The summed E-state index contributed by atoms with van der Waals surface area (Å²) in [5, 5.41) is 14.3.